The molecule has 2 aromatic rings. The van der Waals surface area contributed by atoms with Gasteiger partial charge in [-0.1, -0.05) is 20.8 Å². The summed E-state index contributed by atoms with van der Waals surface area (Å²) in [6.07, 6.45) is 5.15. The summed E-state index contributed by atoms with van der Waals surface area (Å²) >= 11 is 0. The van der Waals surface area contributed by atoms with E-state index in [2.05, 4.69) is 29.5 Å². The van der Waals surface area contributed by atoms with Crippen LogP contribution in [0.1, 0.15) is 67.3 Å². The summed E-state index contributed by atoms with van der Waals surface area (Å²) in [6.45, 7) is 9.50. The molecule has 3 heterocycles. The second kappa shape index (κ2) is 10.0. The normalized spacial score (nSPS) is 18.0. The highest BCUT2D eigenvalue weighted by Gasteiger charge is 2.48. The fourth-order valence-electron chi connectivity index (χ4n) is 3.93. The molecule has 1 unspecified atom stereocenters. The predicted molar refractivity (Wildman–Crippen MR) is 119 cm³/mol. The first kappa shape index (κ1) is 23.6. The van der Waals surface area contributed by atoms with E-state index in [-0.39, 0.29) is 29.7 Å². The molecule has 0 saturated carbocycles. The molecule has 3 amide bonds. The van der Waals surface area contributed by atoms with Crippen molar-refractivity contribution in [3.05, 3.63) is 41.9 Å². The van der Waals surface area contributed by atoms with Crippen LogP contribution in [0.15, 0.2) is 29.1 Å². The molecule has 9 nitrogen and oxygen atoms in total. The number of nitrogens with one attached hydrogen (secondary N) is 2. The van der Waals surface area contributed by atoms with Gasteiger partial charge in [0, 0.05) is 26.1 Å². The highest BCUT2D eigenvalue weighted by atomic mass is 16.3. The zero-order valence-electron chi connectivity index (χ0n) is 19.3. The Morgan fingerprint density at radius 2 is 2.06 bits per heavy atom. The van der Waals surface area contributed by atoms with Gasteiger partial charge in [-0.25, -0.2) is 4.98 Å². The van der Waals surface area contributed by atoms with E-state index < -0.39 is 11.4 Å². The molecule has 1 atom stereocenters. The third-order valence-corrected chi connectivity index (χ3v) is 5.76. The summed E-state index contributed by atoms with van der Waals surface area (Å²) in [5, 5.41) is 5.78. The van der Waals surface area contributed by atoms with Crippen molar-refractivity contribution in [1.82, 2.24) is 25.1 Å². The molecular formula is C23H33N5O4. The first-order valence-electron chi connectivity index (χ1n) is 11.2. The monoisotopic (exact) mass is 443 g/mol. The maximum Gasteiger partial charge on any atom is 0.273 e. The third kappa shape index (κ3) is 4.87. The van der Waals surface area contributed by atoms with Gasteiger partial charge in [0.15, 0.2) is 5.69 Å². The molecular weight excluding hydrogens is 410 g/mol. The maximum atomic E-state index is 13.4. The number of amides is 3. The SMILES string of the molecule is CCCN1C(=O)c2c(C(=O)NCCc3ccco3)ncn2CC1(C)C(=O)NCCC(C)C. The molecule has 174 valence electrons. The van der Waals surface area contributed by atoms with Crippen molar-refractivity contribution >= 4 is 17.7 Å². The summed E-state index contributed by atoms with van der Waals surface area (Å²) in [6, 6.07) is 3.63. The average molecular weight is 444 g/mol. The Labute approximate surface area is 188 Å². The van der Waals surface area contributed by atoms with Crippen molar-refractivity contribution in [2.24, 2.45) is 5.92 Å². The molecule has 0 radical (unpaired) electrons. The number of aromatic nitrogens is 2. The minimum Gasteiger partial charge on any atom is -0.469 e. The van der Waals surface area contributed by atoms with Crippen LogP contribution in [-0.4, -0.2) is 57.3 Å². The van der Waals surface area contributed by atoms with E-state index in [0.29, 0.717) is 38.4 Å². The van der Waals surface area contributed by atoms with Gasteiger partial charge in [-0.2, -0.15) is 0 Å². The van der Waals surface area contributed by atoms with Gasteiger partial charge < -0.3 is 24.5 Å². The molecule has 0 fully saturated rings. The number of hydrogen-bond acceptors (Lipinski definition) is 5. The summed E-state index contributed by atoms with van der Waals surface area (Å²) in [7, 11) is 0. The molecule has 1 aliphatic heterocycles. The fourth-order valence-corrected chi connectivity index (χ4v) is 3.93. The van der Waals surface area contributed by atoms with Gasteiger partial charge in [0.25, 0.3) is 11.8 Å². The topological polar surface area (TPSA) is 109 Å². The zero-order chi connectivity index (χ0) is 23.3. The second-order valence-corrected chi connectivity index (χ2v) is 8.82. The van der Waals surface area contributed by atoms with Gasteiger partial charge in [-0.05, 0) is 37.8 Å². The van der Waals surface area contributed by atoms with Gasteiger partial charge >= 0.3 is 0 Å². The predicted octanol–water partition coefficient (Wildman–Crippen LogP) is 2.24. The number of hydrogen-bond donors (Lipinski definition) is 2. The number of carbonyl (C=O) groups is 3. The summed E-state index contributed by atoms with van der Waals surface area (Å²) in [5.74, 6) is 0.274. The maximum absolute atomic E-state index is 13.4. The van der Waals surface area contributed by atoms with Crippen molar-refractivity contribution in [3.8, 4) is 0 Å². The average Bonchev–Trinajstić information content (AvgIpc) is 3.40. The lowest BCUT2D eigenvalue weighted by Gasteiger charge is -2.43. The Morgan fingerprint density at radius 3 is 2.72 bits per heavy atom. The Bertz CT molecular complexity index is 950. The minimum atomic E-state index is -1.05. The lowest BCUT2D eigenvalue weighted by Crippen LogP contribution is -2.64. The van der Waals surface area contributed by atoms with E-state index in [1.54, 1.807) is 28.7 Å². The molecule has 3 rings (SSSR count). The van der Waals surface area contributed by atoms with Crippen LogP contribution in [0.5, 0.6) is 0 Å². The number of imidazole rings is 1. The van der Waals surface area contributed by atoms with Crippen molar-refractivity contribution in [1.29, 1.82) is 0 Å². The number of nitrogens with zero attached hydrogens (tertiary/aromatic N) is 3. The number of carbonyl (C=O) groups excluding carboxylic acids is 3. The van der Waals surface area contributed by atoms with E-state index in [4.69, 9.17) is 4.42 Å². The largest absolute Gasteiger partial charge is 0.469 e. The van der Waals surface area contributed by atoms with Crippen LogP contribution in [0, 0.1) is 5.92 Å². The lowest BCUT2D eigenvalue weighted by atomic mass is 9.93. The van der Waals surface area contributed by atoms with E-state index >= 15 is 0 Å². The molecule has 0 aliphatic carbocycles. The van der Waals surface area contributed by atoms with Crippen molar-refractivity contribution in [3.63, 3.8) is 0 Å². The second-order valence-electron chi connectivity index (χ2n) is 8.82. The van der Waals surface area contributed by atoms with Crippen LogP contribution in [0.4, 0.5) is 0 Å². The lowest BCUT2D eigenvalue weighted by molar-refractivity contribution is -0.132. The van der Waals surface area contributed by atoms with Gasteiger partial charge in [0.2, 0.25) is 5.91 Å². The van der Waals surface area contributed by atoms with Crippen LogP contribution in [0.25, 0.3) is 0 Å². The Morgan fingerprint density at radius 1 is 1.28 bits per heavy atom. The number of furan rings is 1. The van der Waals surface area contributed by atoms with Crippen LogP contribution in [0.3, 0.4) is 0 Å². The van der Waals surface area contributed by atoms with Crippen molar-refractivity contribution < 1.29 is 18.8 Å². The molecule has 0 bridgehead atoms. The van der Waals surface area contributed by atoms with Gasteiger partial charge in [-0.15, -0.1) is 0 Å². The smallest absolute Gasteiger partial charge is 0.273 e. The first-order valence-corrected chi connectivity index (χ1v) is 11.2. The van der Waals surface area contributed by atoms with Crippen LogP contribution < -0.4 is 10.6 Å². The Hall–Kier alpha value is -3.10. The molecule has 2 N–H and O–H groups in total. The molecule has 2 aromatic heterocycles. The van der Waals surface area contributed by atoms with Crippen LogP contribution in [-0.2, 0) is 17.8 Å². The van der Waals surface area contributed by atoms with E-state index in [1.807, 2.05) is 13.0 Å². The van der Waals surface area contributed by atoms with Crippen molar-refractivity contribution in [2.45, 2.75) is 59.0 Å². The quantitative estimate of drug-likeness (QED) is 0.585. The van der Waals surface area contributed by atoms with E-state index in [9.17, 15) is 14.4 Å². The highest BCUT2D eigenvalue weighted by Crippen LogP contribution is 2.29. The Balaban J connectivity index is 1.77. The standard InChI is InChI=1S/C23H33N5O4/c1-5-12-28-21(30)19-18(20(29)24-11-9-17-7-6-13-32-17)26-15-27(19)14-23(28,4)22(31)25-10-8-16(2)3/h6-7,13,15-16H,5,8-12,14H2,1-4H3,(H,24,29)(H,25,31). The fraction of sp³-hybridized carbons (Fsp3) is 0.565. The minimum absolute atomic E-state index is 0.0813. The zero-order valence-corrected chi connectivity index (χ0v) is 19.3. The third-order valence-electron chi connectivity index (χ3n) is 5.76. The highest BCUT2D eigenvalue weighted by molar-refractivity contribution is 6.07. The molecule has 0 aromatic carbocycles. The number of rotatable bonds is 10. The van der Waals surface area contributed by atoms with Crippen molar-refractivity contribution in [2.75, 3.05) is 19.6 Å². The summed E-state index contributed by atoms with van der Waals surface area (Å²) in [5.41, 5.74) is -0.746. The molecule has 9 heteroatoms. The van der Waals surface area contributed by atoms with Gasteiger partial charge in [0.05, 0.1) is 19.1 Å². The van der Waals surface area contributed by atoms with Crippen LogP contribution >= 0.6 is 0 Å². The van der Waals surface area contributed by atoms with E-state index in [1.165, 1.54) is 6.33 Å². The molecule has 1 aliphatic rings. The summed E-state index contributed by atoms with van der Waals surface area (Å²) in [4.78, 5) is 45.1. The van der Waals surface area contributed by atoms with E-state index in [0.717, 1.165) is 12.2 Å². The summed E-state index contributed by atoms with van der Waals surface area (Å²) < 4.78 is 6.89. The molecule has 0 spiro atoms. The number of fused-ring (bicyclic) bond motifs is 1. The van der Waals surface area contributed by atoms with Gasteiger partial charge in [0.1, 0.15) is 17.0 Å². The first-order chi connectivity index (χ1) is 15.3. The molecule has 32 heavy (non-hydrogen) atoms. The molecule has 0 saturated heterocycles. The Kier molecular flexibility index (Phi) is 7.37. The van der Waals surface area contributed by atoms with Crippen LogP contribution in [0.2, 0.25) is 0 Å². The van der Waals surface area contributed by atoms with Gasteiger partial charge in [-0.3, -0.25) is 14.4 Å².